The molecule has 0 atom stereocenters. The lowest BCUT2D eigenvalue weighted by atomic mass is 9.98. The third-order valence-corrected chi connectivity index (χ3v) is 2.40. The Morgan fingerprint density at radius 1 is 0.905 bits per heavy atom. The van der Waals surface area contributed by atoms with Crippen LogP contribution in [0.2, 0.25) is 0 Å². The molecule has 0 radical (unpaired) electrons. The molecular formula is C17H24O4. The van der Waals surface area contributed by atoms with Crippen molar-refractivity contribution in [2.75, 3.05) is 6.61 Å². The summed E-state index contributed by atoms with van der Waals surface area (Å²) in [5, 5.41) is 0. The van der Waals surface area contributed by atoms with E-state index in [2.05, 4.69) is 0 Å². The highest BCUT2D eigenvalue weighted by Crippen LogP contribution is 2.18. The predicted molar refractivity (Wildman–Crippen MR) is 81.3 cm³/mol. The van der Waals surface area contributed by atoms with E-state index in [-0.39, 0.29) is 23.1 Å². The van der Waals surface area contributed by atoms with Crippen LogP contribution in [0.3, 0.4) is 0 Å². The summed E-state index contributed by atoms with van der Waals surface area (Å²) < 4.78 is 10.6. The summed E-state index contributed by atoms with van der Waals surface area (Å²) in [6.07, 6.45) is 0. The maximum atomic E-state index is 12.2. The van der Waals surface area contributed by atoms with Gasteiger partial charge in [0.2, 0.25) is 0 Å². The van der Waals surface area contributed by atoms with Crippen LogP contribution in [0.15, 0.2) is 24.3 Å². The molecule has 116 valence electrons. The first-order chi connectivity index (χ1) is 9.49. The molecular weight excluding hydrogens is 268 g/mol. The number of carbonyl (C=O) groups excluding carboxylic acids is 2. The van der Waals surface area contributed by atoms with Crippen LogP contribution >= 0.6 is 0 Å². The van der Waals surface area contributed by atoms with Gasteiger partial charge in [-0.1, -0.05) is 32.9 Å². The van der Waals surface area contributed by atoms with E-state index in [4.69, 9.17) is 9.47 Å². The molecule has 0 aromatic heterocycles. The zero-order valence-corrected chi connectivity index (χ0v) is 13.6. The van der Waals surface area contributed by atoms with E-state index in [0.29, 0.717) is 0 Å². The Hall–Kier alpha value is -1.84. The molecule has 0 aliphatic rings. The summed E-state index contributed by atoms with van der Waals surface area (Å²) in [6, 6.07) is 6.54. The second-order valence-electron chi connectivity index (χ2n) is 7.18. The molecule has 0 amide bonds. The van der Waals surface area contributed by atoms with E-state index >= 15 is 0 Å². The molecule has 0 heterocycles. The summed E-state index contributed by atoms with van der Waals surface area (Å²) in [6.45, 7) is 11.6. The van der Waals surface area contributed by atoms with Crippen LogP contribution in [0, 0.1) is 5.41 Å². The van der Waals surface area contributed by atoms with Gasteiger partial charge < -0.3 is 9.47 Å². The van der Waals surface area contributed by atoms with Crippen molar-refractivity contribution in [2.45, 2.75) is 47.1 Å². The van der Waals surface area contributed by atoms with Crippen molar-refractivity contribution in [1.29, 1.82) is 0 Å². The van der Waals surface area contributed by atoms with Crippen molar-refractivity contribution in [2.24, 2.45) is 5.41 Å². The third kappa shape index (κ3) is 5.98. The monoisotopic (exact) mass is 292 g/mol. The molecule has 0 saturated heterocycles. The largest absolute Gasteiger partial charge is 0.462 e. The number of hydrogen-bond acceptors (Lipinski definition) is 4. The molecule has 4 heteroatoms. The number of benzene rings is 1. The number of hydrogen-bond donors (Lipinski definition) is 0. The summed E-state index contributed by atoms with van der Waals surface area (Å²) in [5.74, 6) is -1.03. The number of ether oxygens (including phenoxy) is 2. The molecule has 0 bridgehead atoms. The maximum absolute atomic E-state index is 12.2. The summed E-state index contributed by atoms with van der Waals surface area (Å²) in [7, 11) is 0. The Morgan fingerprint density at radius 3 is 1.81 bits per heavy atom. The van der Waals surface area contributed by atoms with Gasteiger partial charge in [0.15, 0.2) is 0 Å². The Bertz CT molecular complexity index is 518. The van der Waals surface area contributed by atoms with E-state index in [9.17, 15) is 9.59 Å². The lowest BCUT2D eigenvalue weighted by molar-refractivity contribution is 0.00623. The molecule has 0 unspecified atom stereocenters. The van der Waals surface area contributed by atoms with Gasteiger partial charge >= 0.3 is 11.9 Å². The van der Waals surface area contributed by atoms with Crippen molar-refractivity contribution in [3.05, 3.63) is 35.4 Å². The van der Waals surface area contributed by atoms with E-state index in [1.54, 1.807) is 45.0 Å². The highest BCUT2D eigenvalue weighted by molar-refractivity contribution is 6.03. The maximum Gasteiger partial charge on any atom is 0.339 e. The fourth-order valence-electron chi connectivity index (χ4n) is 1.53. The molecule has 1 aromatic carbocycles. The molecule has 1 rings (SSSR count). The van der Waals surface area contributed by atoms with Crippen molar-refractivity contribution in [3.8, 4) is 0 Å². The SMILES string of the molecule is CC(C)(C)COC(=O)c1ccccc1C(=O)OC(C)(C)C. The first-order valence-corrected chi connectivity index (χ1v) is 6.99. The highest BCUT2D eigenvalue weighted by atomic mass is 16.6. The van der Waals surface area contributed by atoms with Gasteiger partial charge in [0.25, 0.3) is 0 Å². The first kappa shape index (κ1) is 17.2. The average molecular weight is 292 g/mol. The van der Waals surface area contributed by atoms with Crippen LogP contribution in [0.5, 0.6) is 0 Å². The van der Waals surface area contributed by atoms with E-state index < -0.39 is 17.5 Å². The number of esters is 2. The van der Waals surface area contributed by atoms with Crippen LogP contribution in [0.1, 0.15) is 62.3 Å². The standard InChI is InChI=1S/C17H24O4/c1-16(2,3)11-20-14(18)12-9-7-8-10-13(12)15(19)21-17(4,5)6/h7-10H,11H2,1-6H3. The smallest absolute Gasteiger partial charge is 0.339 e. The van der Waals surface area contributed by atoms with Crippen LogP contribution in [0.25, 0.3) is 0 Å². The van der Waals surface area contributed by atoms with Gasteiger partial charge in [0.1, 0.15) is 5.60 Å². The summed E-state index contributed by atoms with van der Waals surface area (Å²) in [4.78, 5) is 24.3. The fourth-order valence-corrected chi connectivity index (χ4v) is 1.53. The second-order valence-corrected chi connectivity index (χ2v) is 7.18. The lowest BCUT2D eigenvalue weighted by Gasteiger charge is -2.21. The molecule has 21 heavy (non-hydrogen) atoms. The summed E-state index contributed by atoms with van der Waals surface area (Å²) >= 11 is 0. The van der Waals surface area contributed by atoms with E-state index in [0.717, 1.165) is 0 Å². The Balaban J connectivity index is 2.94. The highest BCUT2D eigenvalue weighted by Gasteiger charge is 2.24. The van der Waals surface area contributed by atoms with Crippen LogP contribution in [-0.4, -0.2) is 24.1 Å². The van der Waals surface area contributed by atoms with E-state index in [1.807, 2.05) is 20.8 Å². The van der Waals surface area contributed by atoms with Gasteiger partial charge in [-0.05, 0) is 38.3 Å². The number of carbonyl (C=O) groups is 2. The molecule has 0 aliphatic carbocycles. The minimum atomic E-state index is -0.612. The quantitative estimate of drug-likeness (QED) is 0.794. The zero-order valence-electron chi connectivity index (χ0n) is 13.6. The van der Waals surface area contributed by atoms with Gasteiger partial charge in [-0.3, -0.25) is 0 Å². The van der Waals surface area contributed by atoms with Crippen LogP contribution < -0.4 is 0 Å². The van der Waals surface area contributed by atoms with E-state index in [1.165, 1.54) is 0 Å². The second kappa shape index (κ2) is 6.29. The van der Waals surface area contributed by atoms with Crippen molar-refractivity contribution < 1.29 is 19.1 Å². The average Bonchev–Trinajstić information content (AvgIpc) is 2.33. The Kier molecular flexibility index (Phi) is 5.15. The van der Waals surface area contributed by atoms with Gasteiger partial charge in [0, 0.05) is 0 Å². The number of rotatable bonds is 3. The molecule has 4 nitrogen and oxygen atoms in total. The predicted octanol–water partition coefficient (Wildman–Crippen LogP) is 3.84. The van der Waals surface area contributed by atoms with Crippen molar-refractivity contribution in [1.82, 2.24) is 0 Å². The fraction of sp³-hybridized carbons (Fsp3) is 0.529. The zero-order chi connectivity index (χ0) is 16.3. The van der Waals surface area contributed by atoms with Gasteiger partial charge in [-0.15, -0.1) is 0 Å². The topological polar surface area (TPSA) is 52.6 Å². The molecule has 0 aliphatic heterocycles. The Morgan fingerprint density at radius 2 is 1.38 bits per heavy atom. The minimum absolute atomic E-state index is 0.128. The lowest BCUT2D eigenvalue weighted by Crippen LogP contribution is -2.26. The van der Waals surface area contributed by atoms with Gasteiger partial charge in [0.05, 0.1) is 17.7 Å². The first-order valence-electron chi connectivity index (χ1n) is 6.99. The van der Waals surface area contributed by atoms with Gasteiger partial charge in [-0.25, -0.2) is 9.59 Å². The minimum Gasteiger partial charge on any atom is -0.462 e. The Labute approximate surface area is 126 Å². The third-order valence-electron chi connectivity index (χ3n) is 2.40. The normalized spacial score (nSPS) is 11.9. The summed E-state index contributed by atoms with van der Waals surface area (Å²) in [5.41, 5.74) is -0.280. The van der Waals surface area contributed by atoms with Crippen molar-refractivity contribution in [3.63, 3.8) is 0 Å². The molecule has 0 N–H and O–H groups in total. The molecule has 1 aromatic rings. The van der Waals surface area contributed by atoms with Gasteiger partial charge in [-0.2, -0.15) is 0 Å². The van der Waals surface area contributed by atoms with Crippen molar-refractivity contribution >= 4 is 11.9 Å². The van der Waals surface area contributed by atoms with Crippen LogP contribution in [0.4, 0.5) is 0 Å². The van der Waals surface area contributed by atoms with Crippen LogP contribution in [-0.2, 0) is 9.47 Å². The molecule has 0 spiro atoms. The molecule has 0 fully saturated rings. The molecule has 0 saturated carbocycles.